The minimum atomic E-state index is -0.843. The average Bonchev–Trinajstić information content (AvgIpc) is 2.59. The van der Waals surface area contributed by atoms with E-state index in [4.69, 9.17) is 5.11 Å². The zero-order valence-electron chi connectivity index (χ0n) is 15.0. The van der Waals surface area contributed by atoms with E-state index in [0.717, 1.165) is 12.0 Å². The smallest absolute Gasteiger partial charge is 0.306 e. The van der Waals surface area contributed by atoms with Crippen LogP contribution in [0, 0.1) is 5.92 Å². The normalized spacial score (nSPS) is 24.0. The van der Waals surface area contributed by atoms with Crippen LogP contribution in [0.2, 0.25) is 0 Å². The topological polar surface area (TPSA) is 57.5 Å². The van der Waals surface area contributed by atoms with Gasteiger partial charge in [0.15, 0.2) is 0 Å². The Hall–Kier alpha value is -1.35. The highest BCUT2D eigenvalue weighted by atomic mass is 16.4. The van der Waals surface area contributed by atoms with Crippen LogP contribution in [-0.4, -0.2) is 16.2 Å². The van der Waals surface area contributed by atoms with E-state index in [0.29, 0.717) is 25.7 Å². The molecule has 3 nitrogen and oxygen atoms in total. The van der Waals surface area contributed by atoms with Crippen molar-refractivity contribution >= 4 is 5.97 Å². The summed E-state index contributed by atoms with van der Waals surface area (Å²) < 4.78 is 0. The molecule has 1 aliphatic carbocycles. The molecule has 0 heterocycles. The number of carbonyl (C=O) groups is 1. The van der Waals surface area contributed by atoms with Crippen molar-refractivity contribution in [3.63, 3.8) is 0 Å². The number of carboxylic acids is 1. The lowest BCUT2D eigenvalue weighted by Crippen LogP contribution is -2.33. The first-order chi connectivity index (χ1) is 11.5. The minimum absolute atomic E-state index is 0.294. The van der Waals surface area contributed by atoms with Crippen molar-refractivity contribution in [1.29, 1.82) is 0 Å². The Morgan fingerprint density at radius 3 is 2.21 bits per heavy atom. The Labute approximate surface area is 146 Å². The summed E-state index contributed by atoms with van der Waals surface area (Å²) in [5.74, 6) is -1.02. The summed E-state index contributed by atoms with van der Waals surface area (Å²) in [6, 6.07) is 8.33. The molecule has 0 aliphatic heterocycles. The molecule has 0 aromatic heterocycles. The van der Waals surface area contributed by atoms with Crippen LogP contribution in [0.4, 0.5) is 0 Å². The molecule has 134 valence electrons. The van der Waals surface area contributed by atoms with Gasteiger partial charge in [0.1, 0.15) is 0 Å². The standard InChI is InChI=1S/C21H32O3/c1-2-3-4-5-6-7-8-17-9-11-19(12-10-17)21(24)15-13-18(14-16-21)20(22)23/h9-12,18,24H,2-8,13-16H2,1H3,(H,22,23). The Balaban J connectivity index is 1.80. The van der Waals surface area contributed by atoms with Gasteiger partial charge >= 0.3 is 5.97 Å². The largest absolute Gasteiger partial charge is 0.481 e. The lowest BCUT2D eigenvalue weighted by Gasteiger charge is -2.35. The molecular weight excluding hydrogens is 300 g/mol. The van der Waals surface area contributed by atoms with Gasteiger partial charge < -0.3 is 10.2 Å². The van der Waals surface area contributed by atoms with Crippen LogP contribution in [0.5, 0.6) is 0 Å². The number of aliphatic carboxylic acids is 1. The van der Waals surface area contributed by atoms with Gasteiger partial charge in [-0.25, -0.2) is 0 Å². The fraction of sp³-hybridized carbons (Fsp3) is 0.667. The van der Waals surface area contributed by atoms with Gasteiger partial charge in [0.2, 0.25) is 0 Å². The van der Waals surface area contributed by atoms with Crippen molar-refractivity contribution in [2.45, 2.75) is 83.2 Å². The molecule has 0 saturated heterocycles. The van der Waals surface area contributed by atoms with E-state index in [-0.39, 0.29) is 5.92 Å². The second kappa shape index (κ2) is 9.22. The molecule has 24 heavy (non-hydrogen) atoms. The SMILES string of the molecule is CCCCCCCCc1ccc(C2(O)CCC(C(=O)O)CC2)cc1. The number of aryl methyl sites for hydroxylation is 1. The molecule has 0 bridgehead atoms. The quantitative estimate of drug-likeness (QED) is 0.622. The Morgan fingerprint density at radius 1 is 1.04 bits per heavy atom. The summed E-state index contributed by atoms with van der Waals surface area (Å²) >= 11 is 0. The molecule has 0 spiro atoms. The molecular formula is C21H32O3. The van der Waals surface area contributed by atoms with Gasteiger partial charge in [-0.15, -0.1) is 0 Å². The summed E-state index contributed by atoms with van der Waals surface area (Å²) in [6.45, 7) is 2.24. The number of hydrogen-bond acceptors (Lipinski definition) is 2. The summed E-state index contributed by atoms with van der Waals surface area (Å²) in [5.41, 5.74) is 1.43. The third kappa shape index (κ3) is 5.34. The van der Waals surface area contributed by atoms with Crippen molar-refractivity contribution in [2.24, 2.45) is 5.92 Å². The molecule has 3 heteroatoms. The fourth-order valence-corrected chi connectivity index (χ4v) is 3.72. The molecule has 0 radical (unpaired) electrons. The van der Waals surface area contributed by atoms with Gasteiger partial charge in [0.25, 0.3) is 0 Å². The number of rotatable bonds is 9. The third-order valence-electron chi connectivity index (χ3n) is 5.47. The Kier molecular flexibility index (Phi) is 7.29. The van der Waals surface area contributed by atoms with Crippen molar-refractivity contribution < 1.29 is 15.0 Å². The zero-order valence-corrected chi connectivity index (χ0v) is 15.0. The molecule has 1 aromatic carbocycles. The van der Waals surface area contributed by atoms with E-state index in [2.05, 4.69) is 19.1 Å². The van der Waals surface area contributed by atoms with E-state index in [1.54, 1.807) is 0 Å². The van der Waals surface area contributed by atoms with Crippen LogP contribution < -0.4 is 0 Å². The second-order valence-corrected chi connectivity index (χ2v) is 7.36. The van der Waals surface area contributed by atoms with E-state index in [9.17, 15) is 9.90 Å². The van der Waals surface area contributed by atoms with Crippen LogP contribution in [0.3, 0.4) is 0 Å². The van der Waals surface area contributed by atoms with Crippen molar-refractivity contribution in [3.8, 4) is 0 Å². The van der Waals surface area contributed by atoms with Gasteiger partial charge in [0, 0.05) is 0 Å². The highest BCUT2D eigenvalue weighted by Crippen LogP contribution is 2.39. The number of hydrogen-bond donors (Lipinski definition) is 2. The van der Waals surface area contributed by atoms with Crippen LogP contribution >= 0.6 is 0 Å². The van der Waals surface area contributed by atoms with Gasteiger partial charge in [0.05, 0.1) is 11.5 Å². The number of benzene rings is 1. The van der Waals surface area contributed by atoms with Gasteiger partial charge in [-0.05, 0) is 49.7 Å². The summed E-state index contributed by atoms with van der Waals surface area (Å²) in [7, 11) is 0. The monoisotopic (exact) mass is 332 g/mol. The molecule has 1 fully saturated rings. The minimum Gasteiger partial charge on any atom is -0.481 e. The summed E-state index contributed by atoms with van der Waals surface area (Å²) in [4.78, 5) is 11.0. The predicted molar refractivity (Wildman–Crippen MR) is 97.0 cm³/mol. The third-order valence-corrected chi connectivity index (χ3v) is 5.47. The maximum absolute atomic E-state index is 11.0. The number of aliphatic hydroxyl groups is 1. The van der Waals surface area contributed by atoms with Crippen molar-refractivity contribution in [2.75, 3.05) is 0 Å². The lowest BCUT2D eigenvalue weighted by atomic mass is 9.75. The lowest BCUT2D eigenvalue weighted by molar-refractivity contribution is -0.145. The van der Waals surface area contributed by atoms with E-state index >= 15 is 0 Å². The van der Waals surface area contributed by atoms with Gasteiger partial charge in [-0.1, -0.05) is 63.3 Å². The highest BCUT2D eigenvalue weighted by Gasteiger charge is 2.36. The first-order valence-corrected chi connectivity index (χ1v) is 9.60. The molecule has 0 unspecified atom stereocenters. The van der Waals surface area contributed by atoms with E-state index in [1.807, 2.05) is 12.1 Å². The summed E-state index contributed by atoms with van der Waals surface area (Å²) in [6.07, 6.45) is 11.1. The molecule has 1 saturated carbocycles. The first-order valence-electron chi connectivity index (χ1n) is 9.60. The zero-order chi connectivity index (χ0) is 17.4. The first kappa shape index (κ1) is 19.0. The van der Waals surface area contributed by atoms with Crippen LogP contribution in [0.1, 0.15) is 82.3 Å². The van der Waals surface area contributed by atoms with Crippen LogP contribution in [0.15, 0.2) is 24.3 Å². The van der Waals surface area contributed by atoms with Crippen LogP contribution in [-0.2, 0) is 16.8 Å². The molecule has 2 N–H and O–H groups in total. The van der Waals surface area contributed by atoms with Crippen LogP contribution in [0.25, 0.3) is 0 Å². The Bertz CT molecular complexity index is 498. The average molecular weight is 332 g/mol. The van der Waals surface area contributed by atoms with Gasteiger partial charge in [-0.3, -0.25) is 4.79 Å². The van der Waals surface area contributed by atoms with E-state index < -0.39 is 11.6 Å². The van der Waals surface area contributed by atoms with E-state index in [1.165, 1.54) is 44.1 Å². The molecule has 0 amide bonds. The molecule has 0 atom stereocenters. The Morgan fingerprint density at radius 2 is 1.62 bits per heavy atom. The molecule has 1 aliphatic rings. The van der Waals surface area contributed by atoms with Gasteiger partial charge in [-0.2, -0.15) is 0 Å². The molecule has 1 aromatic rings. The second-order valence-electron chi connectivity index (χ2n) is 7.36. The van der Waals surface area contributed by atoms with Crippen molar-refractivity contribution in [1.82, 2.24) is 0 Å². The number of unbranched alkanes of at least 4 members (excludes halogenated alkanes) is 5. The summed E-state index contributed by atoms with van der Waals surface area (Å²) in [5, 5.41) is 19.9. The fourth-order valence-electron chi connectivity index (χ4n) is 3.72. The highest BCUT2D eigenvalue weighted by molar-refractivity contribution is 5.70. The predicted octanol–water partition coefficient (Wildman–Crippen LogP) is 5.05. The maximum Gasteiger partial charge on any atom is 0.306 e. The maximum atomic E-state index is 11.0. The molecule has 2 rings (SSSR count). The number of carboxylic acid groups (broad SMARTS) is 1. The van der Waals surface area contributed by atoms with Crippen molar-refractivity contribution in [3.05, 3.63) is 35.4 Å².